The molecule has 1 saturated heterocycles. The molecule has 1 aromatic carbocycles. The molecule has 2 fully saturated rings. The van der Waals surface area contributed by atoms with E-state index in [0.717, 1.165) is 32.1 Å². The maximum absolute atomic E-state index is 12.8. The topological polar surface area (TPSA) is 75.7 Å². The van der Waals surface area contributed by atoms with Crippen molar-refractivity contribution in [2.45, 2.75) is 49.5 Å². The monoisotopic (exact) mass is 366 g/mol. The predicted molar refractivity (Wildman–Crippen MR) is 95.8 cm³/mol. The zero-order chi connectivity index (χ0) is 17.9. The Balaban J connectivity index is 1.67. The van der Waals surface area contributed by atoms with Crippen LogP contribution in [-0.4, -0.2) is 44.9 Å². The highest BCUT2D eigenvalue weighted by Gasteiger charge is 2.29. The normalized spacial score (nSPS) is 22.2. The SMILES string of the molecule is CN(C1CCCCC1)S(=O)(=O)c1ccc(NC(=O)C2CCOC2)cc1. The Kier molecular flexibility index (Phi) is 5.76. The van der Waals surface area contributed by atoms with Gasteiger partial charge in [-0.25, -0.2) is 8.42 Å². The molecule has 1 saturated carbocycles. The fourth-order valence-corrected chi connectivity index (χ4v) is 4.92. The summed E-state index contributed by atoms with van der Waals surface area (Å²) in [7, 11) is -1.83. The Hall–Kier alpha value is -1.44. The van der Waals surface area contributed by atoms with Gasteiger partial charge in [0.05, 0.1) is 17.4 Å². The molecule has 6 nitrogen and oxygen atoms in total. The van der Waals surface area contributed by atoms with Gasteiger partial charge in [-0.1, -0.05) is 19.3 Å². The molecule has 1 unspecified atom stereocenters. The fourth-order valence-electron chi connectivity index (χ4n) is 3.50. The van der Waals surface area contributed by atoms with Crippen molar-refractivity contribution in [1.29, 1.82) is 0 Å². The van der Waals surface area contributed by atoms with E-state index in [0.29, 0.717) is 18.9 Å². The largest absolute Gasteiger partial charge is 0.381 e. The molecule has 2 aliphatic rings. The zero-order valence-corrected chi connectivity index (χ0v) is 15.4. The number of carbonyl (C=O) groups excluding carboxylic acids is 1. The molecule has 0 bridgehead atoms. The second-order valence-electron chi connectivity index (χ2n) is 6.89. The average molecular weight is 366 g/mol. The van der Waals surface area contributed by atoms with Gasteiger partial charge in [0.15, 0.2) is 0 Å². The van der Waals surface area contributed by atoms with Crippen LogP contribution in [0, 0.1) is 5.92 Å². The first kappa shape index (κ1) is 18.4. The number of carbonyl (C=O) groups is 1. The Morgan fingerprint density at radius 2 is 1.80 bits per heavy atom. The smallest absolute Gasteiger partial charge is 0.243 e. The molecule has 0 radical (unpaired) electrons. The first-order chi connectivity index (χ1) is 12.0. The van der Waals surface area contributed by atoms with Crippen molar-refractivity contribution in [3.63, 3.8) is 0 Å². The molecule has 0 spiro atoms. The highest BCUT2D eigenvalue weighted by Crippen LogP contribution is 2.27. The summed E-state index contributed by atoms with van der Waals surface area (Å²) in [5.74, 6) is -0.201. The summed E-state index contributed by atoms with van der Waals surface area (Å²) >= 11 is 0. The van der Waals surface area contributed by atoms with Crippen LogP contribution in [0.1, 0.15) is 38.5 Å². The van der Waals surface area contributed by atoms with Crippen LogP contribution in [0.2, 0.25) is 0 Å². The van der Waals surface area contributed by atoms with Gasteiger partial charge in [0, 0.05) is 25.4 Å². The lowest BCUT2D eigenvalue weighted by Gasteiger charge is -2.30. The molecular weight excluding hydrogens is 340 g/mol. The van der Waals surface area contributed by atoms with Gasteiger partial charge in [-0.15, -0.1) is 0 Å². The minimum absolute atomic E-state index is 0.0765. The molecule has 7 heteroatoms. The van der Waals surface area contributed by atoms with E-state index in [-0.39, 0.29) is 22.8 Å². The predicted octanol–water partition coefficient (Wildman–Crippen LogP) is 2.61. The highest BCUT2D eigenvalue weighted by molar-refractivity contribution is 7.89. The lowest BCUT2D eigenvalue weighted by molar-refractivity contribution is -0.119. The van der Waals surface area contributed by atoms with Gasteiger partial charge >= 0.3 is 0 Å². The van der Waals surface area contributed by atoms with E-state index in [1.807, 2.05) is 0 Å². The quantitative estimate of drug-likeness (QED) is 0.869. The van der Waals surface area contributed by atoms with Crippen molar-refractivity contribution >= 4 is 21.6 Å². The summed E-state index contributed by atoms with van der Waals surface area (Å²) in [4.78, 5) is 12.4. The first-order valence-electron chi connectivity index (χ1n) is 8.95. The van der Waals surface area contributed by atoms with Crippen LogP contribution < -0.4 is 5.32 Å². The third-order valence-corrected chi connectivity index (χ3v) is 7.11. The van der Waals surface area contributed by atoms with Crippen molar-refractivity contribution in [2.24, 2.45) is 5.92 Å². The van der Waals surface area contributed by atoms with E-state index in [9.17, 15) is 13.2 Å². The van der Waals surface area contributed by atoms with Crippen LogP contribution in [0.15, 0.2) is 29.2 Å². The number of anilines is 1. The number of hydrogen-bond donors (Lipinski definition) is 1. The summed E-state index contributed by atoms with van der Waals surface area (Å²) in [6, 6.07) is 6.51. The molecule has 3 rings (SSSR count). The van der Waals surface area contributed by atoms with E-state index >= 15 is 0 Å². The highest BCUT2D eigenvalue weighted by atomic mass is 32.2. The van der Waals surface area contributed by atoms with Gasteiger partial charge in [-0.3, -0.25) is 4.79 Å². The van der Waals surface area contributed by atoms with Crippen LogP contribution >= 0.6 is 0 Å². The number of benzene rings is 1. The van der Waals surface area contributed by atoms with Crippen molar-refractivity contribution < 1.29 is 17.9 Å². The third-order valence-electron chi connectivity index (χ3n) is 5.19. The zero-order valence-electron chi connectivity index (χ0n) is 14.6. The minimum Gasteiger partial charge on any atom is -0.381 e. The molecule has 1 aromatic rings. The molecule has 0 aromatic heterocycles. The van der Waals surface area contributed by atoms with Crippen molar-refractivity contribution in [2.75, 3.05) is 25.6 Å². The fraction of sp³-hybridized carbons (Fsp3) is 0.611. The van der Waals surface area contributed by atoms with Crippen molar-refractivity contribution in [1.82, 2.24) is 4.31 Å². The van der Waals surface area contributed by atoms with Crippen LogP contribution in [0.4, 0.5) is 5.69 Å². The van der Waals surface area contributed by atoms with Gasteiger partial charge in [0.25, 0.3) is 0 Å². The maximum Gasteiger partial charge on any atom is 0.243 e. The van der Waals surface area contributed by atoms with Gasteiger partial charge in [-0.2, -0.15) is 4.31 Å². The molecule has 1 N–H and O–H groups in total. The van der Waals surface area contributed by atoms with Crippen LogP contribution in [-0.2, 0) is 19.6 Å². The number of sulfonamides is 1. The Labute approximate surface area is 149 Å². The molecule has 25 heavy (non-hydrogen) atoms. The van der Waals surface area contributed by atoms with Crippen molar-refractivity contribution in [3.05, 3.63) is 24.3 Å². The second-order valence-corrected chi connectivity index (χ2v) is 8.88. The van der Waals surface area contributed by atoms with E-state index in [1.165, 1.54) is 10.7 Å². The van der Waals surface area contributed by atoms with Crippen LogP contribution in [0.25, 0.3) is 0 Å². The number of nitrogens with one attached hydrogen (secondary N) is 1. The third kappa shape index (κ3) is 4.22. The average Bonchev–Trinajstić information content (AvgIpc) is 3.17. The molecule has 1 atom stereocenters. The Morgan fingerprint density at radius 3 is 2.40 bits per heavy atom. The van der Waals surface area contributed by atoms with Crippen LogP contribution in [0.5, 0.6) is 0 Å². The number of nitrogens with zero attached hydrogens (tertiary/aromatic N) is 1. The van der Waals surface area contributed by atoms with Gasteiger partial charge in [-0.05, 0) is 43.5 Å². The van der Waals surface area contributed by atoms with Gasteiger partial charge in [0.1, 0.15) is 0 Å². The lowest BCUT2D eigenvalue weighted by atomic mass is 9.96. The standard InChI is InChI=1S/C18H26N2O4S/c1-20(16-5-3-2-4-6-16)25(22,23)17-9-7-15(8-10-17)19-18(21)14-11-12-24-13-14/h7-10,14,16H,2-6,11-13H2,1H3,(H,19,21). The lowest BCUT2D eigenvalue weighted by Crippen LogP contribution is -2.38. The van der Waals surface area contributed by atoms with E-state index in [2.05, 4.69) is 5.32 Å². The molecule has 1 aliphatic carbocycles. The Morgan fingerprint density at radius 1 is 1.12 bits per heavy atom. The van der Waals surface area contributed by atoms with Gasteiger partial charge < -0.3 is 10.1 Å². The number of ether oxygens (including phenoxy) is 1. The summed E-state index contributed by atoms with van der Waals surface area (Å²) in [6.45, 7) is 1.06. The Bertz CT molecular complexity index is 690. The molecule has 1 aliphatic heterocycles. The number of hydrogen-bond acceptors (Lipinski definition) is 4. The molecule has 1 amide bonds. The summed E-state index contributed by atoms with van der Waals surface area (Å²) in [6.07, 6.45) is 5.93. The van der Waals surface area contributed by atoms with E-state index in [1.54, 1.807) is 31.3 Å². The van der Waals surface area contributed by atoms with Gasteiger partial charge in [0.2, 0.25) is 15.9 Å². The van der Waals surface area contributed by atoms with Crippen LogP contribution in [0.3, 0.4) is 0 Å². The number of amides is 1. The molecule has 1 heterocycles. The van der Waals surface area contributed by atoms with Crippen molar-refractivity contribution in [3.8, 4) is 0 Å². The number of rotatable bonds is 5. The molecular formula is C18H26N2O4S. The minimum atomic E-state index is -3.50. The van der Waals surface area contributed by atoms with E-state index < -0.39 is 10.0 Å². The summed E-state index contributed by atoms with van der Waals surface area (Å²) in [5, 5.41) is 2.83. The second kappa shape index (κ2) is 7.85. The summed E-state index contributed by atoms with van der Waals surface area (Å²) < 4.78 is 32.3. The summed E-state index contributed by atoms with van der Waals surface area (Å²) in [5.41, 5.74) is 0.608. The molecule has 138 valence electrons. The first-order valence-corrected chi connectivity index (χ1v) is 10.4. The maximum atomic E-state index is 12.8. The van der Waals surface area contributed by atoms with E-state index in [4.69, 9.17) is 4.74 Å².